The van der Waals surface area contributed by atoms with E-state index in [1.54, 1.807) is 0 Å². The van der Waals surface area contributed by atoms with Gasteiger partial charge in [-0.1, -0.05) is 30.7 Å². The Hall–Kier alpha value is -2.04. The Balaban J connectivity index is 1.80. The highest BCUT2D eigenvalue weighted by Gasteiger charge is 2.34. The quantitative estimate of drug-likeness (QED) is 0.471. The number of likely N-dealkylation sites (tertiary alicyclic amines) is 1. The first-order valence-corrected chi connectivity index (χ1v) is 12.1. The SMILES string of the molecule is C=C(N1CCCC1)C(C)(CC)c1cc2c(CCN)c(-c3cc(C)cc(C)c3)[nH]c2s1. The van der Waals surface area contributed by atoms with Gasteiger partial charge in [-0.3, -0.25) is 0 Å². The zero-order valence-corrected chi connectivity index (χ0v) is 19.7. The van der Waals surface area contributed by atoms with Gasteiger partial charge >= 0.3 is 0 Å². The molecule has 1 aliphatic rings. The number of aryl methyl sites for hydroxylation is 2. The predicted molar refractivity (Wildman–Crippen MR) is 131 cm³/mol. The lowest BCUT2D eigenvalue weighted by Gasteiger charge is -2.36. The van der Waals surface area contributed by atoms with Crippen LogP contribution in [0, 0.1) is 13.8 Å². The number of H-pyrrole nitrogens is 1. The average Bonchev–Trinajstić information content (AvgIpc) is 3.44. The molecule has 4 heteroatoms. The van der Waals surface area contributed by atoms with E-state index >= 15 is 0 Å². The van der Waals surface area contributed by atoms with Gasteiger partial charge in [0, 0.05) is 34.5 Å². The highest BCUT2D eigenvalue weighted by atomic mass is 32.1. The van der Waals surface area contributed by atoms with Crippen LogP contribution in [0.15, 0.2) is 36.5 Å². The van der Waals surface area contributed by atoms with Gasteiger partial charge in [-0.25, -0.2) is 0 Å². The Bertz CT molecular complexity index is 1050. The van der Waals surface area contributed by atoms with E-state index in [-0.39, 0.29) is 5.41 Å². The fraction of sp³-hybridized carbons (Fsp3) is 0.462. The summed E-state index contributed by atoms with van der Waals surface area (Å²) in [4.78, 5) is 8.94. The minimum Gasteiger partial charge on any atom is -0.375 e. The molecule has 2 aromatic heterocycles. The van der Waals surface area contributed by atoms with Crippen LogP contribution >= 0.6 is 11.3 Å². The van der Waals surface area contributed by atoms with Gasteiger partial charge in [0.15, 0.2) is 0 Å². The third-order valence-electron chi connectivity index (χ3n) is 6.88. The summed E-state index contributed by atoms with van der Waals surface area (Å²) in [6, 6.07) is 9.19. The smallest absolute Gasteiger partial charge is 0.101 e. The van der Waals surface area contributed by atoms with E-state index in [2.05, 4.69) is 68.4 Å². The van der Waals surface area contributed by atoms with Gasteiger partial charge in [-0.15, -0.1) is 11.3 Å². The second-order valence-electron chi connectivity index (χ2n) is 9.07. The summed E-state index contributed by atoms with van der Waals surface area (Å²) in [5.74, 6) is 0. The summed E-state index contributed by atoms with van der Waals surface area (Å²) < 4.78 is 0. The van der Waals surface area contributed by atoms with Crippen molar-refractivity contribution in [3.8, 4) is 11.3 Å². The summed E-state index contributed by atoms with van der Waals surface area (Å²) in [6.45, 7) is 16.5. The van der Waals surface area contributed by atoms with Crippen LogP contribution in [-0.4, -0.2) is 29.5 Å². The van der Waals surface area contributed by atoms with Crippen molar-refractivity contribution in [1.29, 1.82) is 0 Å². The Morgan fingerprint density at radius 1 is 1.17 bits per heavy atom. The van der Waals surface area contributed by atoms with Crippen LogP contribution in [0.1, 0.15) is 54.7 Å². The minimum absolute atomic E-state index is 0.0189. The van der Waals surface area contributed by atoms with Crippen molar-refractivity contribution in [3.63, 3.8) is 0 Å². The lowest BCUT2D eigenvalue weighted by Crippen LogP contribution is -2.33. The van der Waals surface area contributed by atoms with Crippen LogP contribution in [0.2, 0.25) is 0 Å². The number of benzene rings is 1. The predicted octanol–water partition coefficient (Wildman–Crippen LogP) is 6.29. The molecule has 1 fully saturated rings. The molecule has 1 aliphatic heterocycles. The standard InChI is InChI=1S/C26H35N3S/c1-6-26(5,19(4)29-11-7-8-12-29)23-16-22-21(9-10-27)24(28-25(22)30-23)20-14-17(2)13-18(3)15-20/h13-16,28H,4,6-12,27H2,1-3,5H3. The monoisotopic (exact) mass is 421 g/mol. The topological polar surface area (TPSA) is 45.0 Å². The van der Waals surface area contributed by atoms with Crippen LogP contribution in [0.3, 0.4) is 0 Å². The number of rotatable bonds is 7. The fourth-order valence-corrected chi connectivity index (χ4v) is 6.26. The van der Waals surface area contributed by atoms with E-state index in [0.717, 1.165) is 25.9 Å². The zero-order chi connectivity index (χ0) is 21.5. The molecule has 1 aromatic carbocycles. The number of hydrogen-bond acceptors (Lipinski definition) is 3. The number of aromatic nitrogens is 1. The number of nitrogens with zero attached hydrogens (tertiary/aromatic N) is 1. The van der Waals surface area contributed by atoms with E-state index in [1.165, 1.54) is 61.6 Å². The van der Waals surface area contributed by atoms with Gasteiger partial charge in [0.2, 0.25) is 0 Å². The Labute approximate surface area is 185 Å². The van der Waals surface area contributed by atoms with Crippen LogP contribution in [0.5, 0.6) is 0 Å². The molecule has 0 aliphatic carbocycles. The fourth-order valence-electron chi connectivity index (χ4n) is 4.93. The summed E-state index contributed by atoms with van der Waals surface area (Å²) in [5.41, 5.74) is 13.7. The molecule has 30 heavy (non-hydrogen) atoms. The Kier molecular flexibility index (Phi) is 5.82. The second kappa shape index (κ2) is 8.24. The number of nitrogens with one attached hydrogen (secondary N) is 1. The van der Waals surface area contributed by atoms with Gasteiger partial charge in [-0.05, 0) is 82.3 Å². The largest absolute Gasteiger partial charge is 0.375 e. The molecule has 0 bridgehead atoms. The van der Waals surface area contributed by atoms with Crippen molar-refractivity contribution in [2.45, 2.75) is 58.8 Å². The first kappa shape index (κ1) is 21.2. The third-order valence-corrected chi connectivity index (χ3v) is 8.19. The molecule has 1 atom stereocenters. The molecule has 0 radical (unpaired) electrons. The van der Waals surface area contributed by atoms with Crippen LogP contribution < -0.4 is 5.73 Å². The van der Waals surface area contributed by atoms with Crippen molar-refractivity contribution < 1.29 is 0 Å². The van der Waals surface area contributed by atoms with E-state index < -0.39 is 0 Å². The van der Waals surface area contributed by atoms with E-state index in [4.69, 9.17) is 5.73 Å². The maximum absolute atomic E-state index is 6.04. The molecule has 0 amide bonds. The molecule has 3 heterocycles. The molecule has 0 saturated carbocycles. The first-order chi connectivity index (χ1) is 14.4. The molecule has 160 valence electrons. The number of nitrogens with two attached hydrogens (primary N) is 1. The highest BCUT2D eigenvalue weighted by molar-refractivity contribution is 7.18. The van der Waals surface area contributed by atoms with E-state index in [0.29, 0.717) is 6.54 Å². The normalized spacial score (nSPS) is 16.4. The number of aromatic amines is 1. The molecule has 1 saturated heterocycles. The molecule has 3 N–H and O–H groups in total. The molecular formula is C26H35N3S. The number of thiophene rings is 1. The molecular weight excluding hydrogens is 386 g/mol. The van der Waals surface area contributed by atoms with Gasteiger partial charge in [0.25, 0.3) is 0 Å². The van der Waals surface area contributed by atoms with Crippen molar-refractivity contribution in [1.82, 2.24) is 9.88 Å². The number of fused-ring (bicyclic) bond motifs is 1. The van der Waals surface area contributed by atoms with E-state index in [1.807, 2.05) is 11.3 Å². The van der Waals surface area contributed by atoms with E-state index in [9.17, 15) is 0 Å². The Morgan fingerprint density at radius 3 is 2.43 bits per heavy atom. The lowest BCUT2D eigenvalue weighted by atomic mass is 9.82. The molecule has 4 rings (SSSR count). The van der Waals surface area contributed by atoms with Gasteiger partial charge in [-0.2, -0.15) is 0 Å². The third kappa shape index (κ3) is 3.61. The summed E-state index contributed by atoms with van der Waals surface area (Å²) in [7, 11) is 0. The molecule has 0 spiro atoms. The maximum atomic E-state index is 6.04. The summed E-state index contributed by atoms with van der Waals surface area (Å²) >= 11 is 1.90. The number of hydrogen-bond donors (Lipinski definition) is 2. The lowest BCUT2D eigenvalue weighted by molar-refractivity contribution is 0.339. The maximum Gasteiger partial charge on any atom is 0.101 e. The zero-order valence-electron chi connectivity index (χ0n) is 18.9. The van der Waals surface area contributed by atoms with Crippen molar-refractivity contribution >= 4 is 21.6 Å². The number of allylic oxidation sites excluding steroid dienone is 1. The Morgan fingerprint density at radius 2 is 1.83 bits per heavy atom. The van der Waals surface area contributed by atoms with Crippen LogP contribution in [-0.2, 0) is 11.8 Å². The summed E-state index contributed by atoms with van der Waals surface area (Å²) in [6.07, 6.45) is 4.50. The second-order valence-corrected chi connectivity index (χ2v) is 10.1. The molecule has 3 aromatic rings. The van der Waals surface area contributed by atoms with Crippen molar-refractivity contribution in [3.05, 3.63) is 58.1 Å². The van der Waals surface area contributed by atoms with Gasteiger partial charge in [0.1, 0.15) is 4.83 Å². The van der Waals surface area contributed by atoms with Gasteiger partial charge < -0.3 is 15.6 Å². The molecule has 3 nitrogen and oxygen atoms in total. The average molecular weight is 422 g/mol. The summed E-state index contributed by atoms with van der Waals surface area (Å²) in [5, 5.41) is 1.34. The van der Waals surface area contributed by atoms with Crippen molar-refractivity contribution in [2.24, 2.45) is 5.73 Å². The highest BCUT2D eigenvalue weighted by Crippen LogP contribution is 2.45. The van der Waals surface area contributed by atoms with Crippen molar-refractivity contribution in [2.75, 3.05) is 19.6 Å². The minimum atomic E-state index is -0.0189. The van der Waals surface area contributed by atoms with Gasteiger partial charge in [0.05, 0.1) is 5.69 Å². The van der Waals surface area contributed by atoms with Crippen LogP contribution in [0.4, 0.5) is 0 Å². The van der Waals surface area contributed by atoms with Crippen LogP contribution in [0.25, 0.3) is 21.5 Å². The first-order valence-electron chi connectivity index (χ1n) is 11.2. The molecule has 1 unspecified atom stereocenters.